The molecule has 6 N–H and O–H groups in total. The highest BCUT2D eigenvalue weighted by molar-refractivity contribution is 8.01. The van der Waals surface area contributed by atoms with E-state index in [-0.39, 0.29) is 36.0 Å². The summed E-state index contributed by atoms with van der Waals surface area (Å²) in [6.07, 6.45) is 3.78. The second-order valence-corrected chi connectivity index (χ2v) is 39.9. The average Bonchev–Trinajstić information content (AvgIpc) is 0.955. The second kappa shape index (κ2) is 34.9. The molecule has 2 aromatic heterocycles. The van der Waals surface area contributed by atoms with Gasteiger partial charge in [0.25, 0.3) is 23.2 Å². The number of rotatable bonds is 20. The number of nitrogens with one attached hydrogen (secondary N) is 6. The number of hydrogen-bond donors (Lipinski definition) is 6. The summed E-state index contributed by atoms with van der Waals surface area (Å²) in [7, 11) is 0. The summed E-state index contributed by atoms with van der Waals surface area (Å²) in [5.74, 6) is -0.0290. The molecule has 0 aliphatic carbocycles. The number of aromatic nitrogens is 6. The van der Waals surface area contributed by atoms with Crippen molar-refractivity contribution in [2.75, 3.05) is 23.8 Å². The van der Waals surface area contributed by atoms with Crippen LogP contribution in [0.15, 0.2) is 258 Å². The summed E-state index contributed by atoms with van der Waals surface area (Å²) in [5.41, 5.74) is 14.5. The van der Waals surface area contributed by atoms with Crippen LogP contribution in [-0.4, -0.2) is 76.9 Å². The number of hydrazine groups is 2. The highest BCUT2D eigenvalue weighted by Gasteiger charge is 2.33. The van der Waals surface area contributed by atoms with E-state index in [0.717, 1.165) is 76.5 Å². The number of nitro benzene ring substituents is 2. The third-order valence-corrected chi connectivity index (χ3v) is 26.4. The summed E-state index contributed by atoms with van der Waals surface area (Å²) in [5, 5.41) is 61.1. The van der Waals surface area contributed by atoms with Crippen LogP contribution < -0.4 is 51.3 Å². The molecule has 1 aliphatic heterocycles. The minimum absolute atomic E-state index is 0.0749. The van der Waals surface area contributed by atoms with E-state index in [2.05, 4.69) is 273 Å². The van der Waals surface area contributed by atoms with E-state index in [9.17, 15) is 39.4 Å². The van der Waals surface area contributed by atoms with Crippen molar-refractivity contribution in [3.8, 4) is 23.0 Å². The van der Waals surface area contributed by atoms with Gasteiger partial charge in [0.1, 0.15) is 47.6 Å². The van der Waals surface area contributed by atoms with Gasteiger partial charge in [-0.2, -0.15) is 0 Å². The van der Waals surface area contributed by atoms with Crippen molar-refractivity contribution < 1.29 is 48.0 Å². The molecule has 0 unspecified atom stereocenters. The first-order chi connectivity index (χ1) is 61.1. The number of carbonyl (C=O) groups is 4. The lowest BCUT2D eigenvalue weighted by atomic mass is 9.87. The smallest absolute Gasteiger partial charge is 0.337 e. The molecule has 0 atom stereocenters. The van der Waals surface area contributed by atoms with Crippen LogP contribution in [0.1, 0.15) is 128 Å². The molecule has 0 radical (unpaired) electrons. The molecule has 14 aromatic carbocycles. The zero-order chi connectivity index (χ0) is 89.8. The van der Waals surface area contributed by atoms with Crippen molar-refractivity contribution in [2.45, 2.75) is 170 Å². The van der Waals surface area contributed by atoms with Crippen LogP contribution in [-0.2, 0) is 57.6 Å². The predicted molar refractivity (Wildman–Crippen MR) is 502 cm³/mol. The predicted octanol–water partition coefficient (Wildman–Crippen LogP) is 22.3. The Morgan fingerprint density at radius 3 is 0.938 bits per heavy atom. The number of hydrogen-bond acceptors (Lipinski definition) is 20. The summed E-state index contributed by atoms with van der Waals surface area (Å²) >= 11 is 5.48. The maximum Gasteiger partial charge on any atom is 0.337 e. The van der Waals surface area contributed by atoms with Gasteiger partial charge in [0.05, 0.1) is 74.5 Å². The molecule has 16 aromatic rings. The van der Waals surface area contributed by atoms with Crippen molar-refractivity contribution in [3.05, 3.63) is 284 Å². The third kappa shape index (κ3) is 18.8. The Morgan fingerprint density at radius 2 is 0.641 bits per heavy atom. The monoisotopic (exact) mass is 1780 g/mol. The molecular weight excluding hydrogens is 1690 g/mol. The molecule has 648 valence electrons. The Kier molecular flexibility index (Phi) is 23.6. The molecule has 1 aliphatic rings. The number of nitro groups is 2. The molecule has 0 saturated carbocycles. The van der Waals surface area contributed by atoms with E-state index in [0.29, 0.717) is 86.6 Å². The maximum atomic E-state index is 14.5. The first kappa shape index (κ1) is 86.4. The highest BCUT2D eigenvalue weighted by atomic mass is 32.2. The van der Waals surface area contributed by atoms with Crippen molar-refractivity contribution >= 4 is 158 Å². The van der Waals surface area contributed by atoms with Gasteiger partial charge in [0.15, 0.2) is 13.2 Å². The first-order valence-corrected chi connectivity index (χ1v) is 44.7. The number of anilines is 2. The molecular formula is C98H90N14O12S4. The maximum absolute atomic E-state index is 14.5. The van der Waals surface area contributed by atoms with Gasteiger partial charge < -0.3 is 29.6 Å². The summed E-state index contributed by atoms with van der Waals surface area (Å²) < 4.78 is 32.5. The molecule has 0 saturated heterocycles. The standard InChI is InChI=1S/C98H90N14O12S4/c1-95(2,3)63-39-75-89(121-51-69-49-109(107-101-69)47-61-25-23-59-21-19-55-15-13-17-57-27-37-73(61)87(59)85(55)57)76(40-63)126-80-44-66(98(10,11)12)46-82(92(80)124-54-84(114)104-106-94(116)100-68-31-35-72(36-32-68)112(119)120)128-78-42-64(96(4,5)6)41-77(90(78)122-52-70-50-110(108-102-70)48-62-26-24-60-22-20-56-16-14-18-58-28-38-74(62)88(60)86(56)58)127-81-45-65(97(7,8)9)43-79(125-75)91(81)123-53-83(113)103-105-93(115)99-67-29-33-71(34-30-67)111(117)118/h13-46,49-50H,47-48,51-54H2,1-12H3,(H,103,113)(H,104,114)(H2,99,105,115)(H2,100,106,116). The first-order valence-electron chi connectivity index (χ1n) is 41.4. The lowest BCUT2D eigenvalue weighted by Gasteiger charge is -2.28. The van der Waals surface area contributed by atoms with Crippen LogP contribution >= 0.6 is 47.0 Å². The van der Waals surface area contributed by atoms with Gasteiger partial charge in [-0.25, -0.2) is 29.8 Å². The van der Waals surface area contributed by atoms with Gasteiger partial charge in [0.2, 0.25) is 0 Å². The Bertz CT molecular complexity index is 6530. The number of fused-ring (bicyclic) bond motifs is 8. The summed E-state index contributed by atoms with van der Waals surface area (Å²) in [4.78, 5) is 82.6. The molecule has 0 fully saturated rings. The van der Waals surface area contributed by atoms with Gasteiger partial charge in [0, 0.05) is 35.6 Å². The fourth-order valence-corrected chi connectivity index (χ4v) is 20.2. The SMILES string of the molecule is CC(C)(C)c1cc2c(OCC(=O)NNC(=O)Nc3ccc([N+](=O)[O-])cc3)c(c1)Sc1cc(C(C)(C)C)cc(c1OCc1cn(Cc3ccc4ccc5cccc6ccc3c4c56)nn1)Sc1cc(C(C)(C)C)cc(c1OCC(=O)NNC(=O)Nc1ccc([N+](=O)[O-])cc1)Sc1cc(C(C)(C)C)cc(c1OCc1cn(Cc3ccc4ccc5cccc6ccc3c4c56)nn1)S2. The zero-order valence-corrected chi connectivity index (χ0v) is 75.4. The van der Waals surface area contributed by atoms with Gasteiger partial charge in [-0.05, 0) is 192 Å². The van der Waals surface area contributed by atoms with Crippen LogP contribution in [0, 0.1) is 20.2 Å². The topological polar surface area (TPSA) is 325 Å². The van der Waals surface area contributed by atoms with E-state index in [1.54, 1.807) is 0 Å². The van der Waals surface area contributed by atoms with E-state index in [1.807, 2.05) is 21.8 Å². The number of ether oxygens (including phenoxy) is 4. The summed E-state index contributed by atoms with van der Waals surface area (Å²) in [6, 6.07) is 64.1. The Balaban J connectivity index is 0.803. The number of benzene rings is 14. The van der Waals surface area contributed by atoms with Gasteiger partial charge in [-0.15, -0.1) is 10.2 Å². The Morgan fingerprint density at radius 1 is 0.359 bits per heavy atom. The fourth-order valence-electron chi connectivity index (χ4n) is 15.4. The van der Waals surface area contributed by atoms with E-state index < -0.39 is 68.6 Å². The Hall–Kier alpha value is -13.7. The van der Waals surface area contributed by atoms with Crippen molar-refractivity contribution in [3.63, 3.8) is 0 Å². The van der Waals surface area contributed by atoms with Gasteiger partial charge >= 0.3 is 12.1 Å². The quantitative estimate of drug-likeness (QED) is 0.0234. The normalized spacial score (nSPS) is 12.5. The Labute approximate surface area is 753 Å². The van der Waals surface area contributed by atoms with Crippen molar-refractivity contribution in [1.82, 2.24) is 51.7 Å². The second-order valence-electron chi connectivity index (χ2n) is 35.6. The van der Waals surface area contributed by atoms with E-state index >= 15 is 0 Å². The third-order valence-electron chi connectivity index (χ3n) is 22.2. The minimum atomic E-state index is -0.830. The van der Waals surface area contributed by atoms with Crippen LogP contribution in [0.5, 0.6) is 23.0 Å². The molecule has 30 heteroatoms. The van der Waals surface area contributed by atoms with E-state index in [4.69, 9.17) is 39.6 Å². The molecule has 17 rings (SSSR count). The molecule has 6 amide bonds. The molecule has 128 heavy (non-hydrogen) atoms. The van der Waals surface area contributed by atoms with Gasteiger partial charge in [-0.1, -0.05) is 250 Å². The van der Waals surface area contributed by atoms with Crippen LogP contribution in [0.3, 0.4) is 0 Å². The number of nitrogens with zero attached hydrogens (tertiary/aromatic N) is 8. The van der Waals surface area contributed by atoms with Crippen molar-refractivity contribution in [2.24, 2.45) is 0 Å². The van der Waals surface area contributed by atoms with Crippen LogP contribution in [0.25, 0.3) is 64.6 Å². The molecule has 0 spiro atoms. The number of carbonyl (C=O) groups excluding carboxylic acids is 4. The highest BCUT2D eigenvalue weighted by Crippen LogP contribution is 2.57. The van der Waals surface area contributed by atoms with Crippen LogP contribution in [0.2, 0.25) is 0 Å². The largest absolute Gasteiger partial charge is 0.485 e. The average molecular weight is 1780 g/mol. The fraction of sp³-hybridized carbons (Fsp3) is 0.224. The van der Waals surface area contributed by atoms with E-state index in [1.165, 1.54) is 117 Å². The summed E-state index contributed by atoms with van der Waals surface area (Å²) in [6.45, 7) is 24.9. The number of amides is 6. The van der Waals surface area contributed by atoms with Gasteiger partial charge in [-0.3, -0.25) is 40.7 Å². The zero-order valence-electron chi connectivity index (χ0n) is 72.1. The lowest BCUT2D eigenvalue weighted by molar-refractivity contribution is -0.385. The minimum Gasteiger partial charge on any atom is -0.485 e. The molecule has 3 heterocycles. The molecule has 26 nitrogen and oxygen atoms in total. The number of urea groups is 2. The van der Waals surface area contributed by atoms with Crippen molar-refractivity contribution in [1.29, 1.82) is 0 Å². The molecule has 8 bridgehead atoms. The number of non-ortho nitro benzene ring substituents is 2. The van der Waals surface area contributed by atoms with Crippen LogP contribution in [0.4, 0.5) is 32.3 Å². The lowest BCUT2D eigenvalue weighted by Crippen LogP contribution is -2.45.